The minimum atomic E-state index is -5.36. The quantitative estimate of drug-likeness (QED) is 0.134. The molecule has 35 heavy (non-hydrogen) atoms. The molecule has 0 fully saturated rings. The molecule has 13 heteroatoms. The third-order valence-electron chi connectivity index (χ3n) is 4.71. The molecule has 3 nitrogen and oxygen atoms in total. The molecule has 3 rings (SSSR count). The van der Waals surface area contributed by atoms with Crippen LogP contribution in [0.15, 0.2) is 54.6 Å². The van der Waals surface area contributed by atoms with E-state index in [-0.39, 0.29) is 32.8 Å². The molecule has 1 unspecified atom stereocenters. The summed E-state index contributed by atoms with van der Waals surface area (Å²) in [5.74, 6) is -0.991. The van der Waals surface area contributed by atoms with Crippen LogP contribution in [-0.4, -0.2) is 11.3 Å². The van der Waals surface area contributed by atoms with Gasteiger partial charge in [0.25, 0.3) is 0 Å². The minimum Gasteiger partial charge on any atom is -0.288 e. The van der Waals surface area contributed by atoms with Gasteiger partial charge in [-0.05, 0) is 36.4 Å². The zero-order valence-electron chi connectivity index (χ0n) is 16.8. The van der Waals surface area contributed by atoms with Crippen LogP contribution in [0.2, 0.25) is 15.1 Å². The number of hydrogen-bond donors (Lipinski definition) is 0. The van der Waals surface area contributed by atoms with Gasteiger partial charge in [0.05, 0.1) is 42.9 Å². The molecule has 0 saturated heterocycles. The van der Waals surface area contributed by atoms with Crippen molar-refractivity contribution in [2.24, 2.45) is 0 Å². The number of ketones is 1. The molecule has 1 atom stereocenters. The van der Waals surface area contributed by atoms with Gasteiger partial charge < -0.3 is 0 Å². The van der Waals surface area contributed by atoms with E-state index < -0.39 is 59.0 Å². The molecule has 0 bridgehead atoms. The summed E-state index contributed by atoms with van der Waals surface area (Å²) < 4.78 is 94.0. The number of benzene rings is 3. The molecule has 0 radical (unpaired) electrons. The van der Waals surface area contributed by atoms with Gasteiger partial charge in [-0.25, -0.2) is 4.79 Å². The minimum absolute atomic E-state index is 0.0775. The fraction of sp³-hybridized carbons (Fsp3) is 0.0909. The lowest BCUT2D eigenvalue weighted by Gasteiger charge is -2.15. The summed E-state index contributed by atoms with van der Waals surface area (Å²) in [7, 11) is -3.64. The molecule has 0 aliphatic heterocycles. The fourth-order valence-electron chi connectivity index (χ4n) is 3.18. The molecule has 182 valence electrons. The van der Waals surface area contributed by atoms with Gasteiger partial charge in [-0.2, -0.15) is 26.3 Å². The Hall–Kier alpha value is -2.45. The van der Waals surface area contributed by atoms with Crippen molar-refractivity contribution in [1.82, 2.24) is 0 Å². The zero-order chi connectivity index (χ0) is 26.3. The van der Waals surface area contributed by atoms with Crippen molar-refractivity contribution in [3.63, 3.8) is 0 Å². The van der Waals surface area contributed by atoms with Crippen molar-refractivity contribution in [3.05, 3.63) is 97.5 Å². The predicted molar refractivity (Wildman–Crippen MR) is 119 cm³/mol. The highest BCUT2D eigenvalue weighted by Gasteiger charge is 2.49. The second-order valence-electron chi connectivity index (χ2n) is 6.89. The van der Waals surface area contributed by atoms with Gasteiger partial charge in [-0.3, -0.25) is 4.79 Å². The Morgan fingerprint density at radius 3 is 1.74 bits per heavy atom. The molecule has 0 N–H and O–H groups in total. The lowest BCUT2D eigenvalue weighted by atomic mass is 10.0. The van der Waals surface area contributed by atoms with E-state index in [9.17, 15) is 40.5 Å². The Morgan fingerprint density at radius 1 is 0.686 bits per heavy atom. The van der Waals surface area contributed by atoms with Gasteiger partial charge in [0.1, 0.15) is 0 Å². The first-order valence-corrected chi connectivity index (χ1v) is 11.6. The van der Waals surface area contributed by atoms with E-state index in [2.05, 4.69) is 0 Å². The maximum atomic E-state index is 13.5. The highest BCUT2D eigenvalue weighted by atomic mass is 35.5. The Balaban J connectivity index is 2.20. The van der Waals surface area contributed by atoms with Crippen molar-refractivity contribution < 1.29 is 40.5 Å². The van der Waals surface area contributed by atoms with Gasteiger partial charge >= 0.3 is 25.7 Å². The van der Waals surface area contributed by atoms with E-state index in [1.807, 2.05) is 0 Å². The molecule has 0 amide bonds. The molecule has 0 heterocycles. The standard InChI is InChI=1S/C22H9Cl3F6O3P/c23-13-8-9-14(24)18(25)17(13)19(32)10-4-1-2-7-15(10)35(34)20(33)16-11(21(26,27)28)5-3-6-12(16)22(29,30)31/h1-9H/q+1. The molecule has 0 saturated carbocycles. The average molecular weight is 573 g/mol. The fourth-order valence-corrected chi connectivity index (χ4v) is 5.16. The number of halogens is 9. The largest absolute Gasteiger partial charge is 0.459 e. The number of hydrogen-bond acceptors (Lipinski definition) is 3. The van der Waals surface area contributed by atoms with Crippen LogP contribution in [0.1, 0.15) is 37.4 Å². The molecule has 0 spiro atoms. The summed E-state index contributed by atoms with van der Waals surface area (Å²) in [5.41, 5.74) is -8.41. The zero-order valence-corrected chi connectivity index (χ0v) is 19.9. The average Bonchev–Trinajstić information content (AvgIpc) is 2.79. The molecule has 0 aromatic heterocycles. The second kappa shape index (κ2) is 9.90. The summed E-state index contributed by atoms with van der Waals surface area (Å²) in [6.07, 6.45) is -10.7. The molecule has 3 aromatic carbocycles. The lowest BCUT2D eigenvalue weighted by molar-refractivity contribution is -0.143. The first kappa shape index (κ1) is 27.1. The van der Waals surface area contributed by atoms with Crippen molar-refractivity contribution >= 4 is 59.2 Å². The second-order valence-corrected chi connectivity index (χ2v) is 9.56. The molecular weight excluding hydrogens is 564 g/mol. The van der Waals surface area contributed by atoms with E-state index in [4.69, 9.17) is 34.8 Å². The lowest BCUT2D eigenvalue weighted by Crippen LogP contribution is -2.21. The van der Waals surface area contributed by atoms with Crippen molar-refractivity contribution in [2.45, 2.75) is 12.4 Å². The van der Waals surface area contributed by atoms with Gasteiger partial charge in [0, 0.05) is 0 Å². The third kappa shape index (κ3) is 5.38. The summed E-state index contributed by atoms with van der Waals surface area (Å²) >= 11 is 18.0. The van der Waals surface area contributed by atoms with Crippen LogP contribution in [0, 0.1) is 0 Å². The first-order chi connectivity index (χ1) is 16.2. The summed E-state index contributed by atoms with van der Waals surface area (Å²) in [5, 5.41) is -1.15. The van der Waals surface area contributed by atoms with E-state index in [0.717, 1.165) is 12.1 Å². The van der Waals surface area contributed by atoms with Crippen LogP contribution in [0.5, 0.6) is 0 Å². The van der Waals surface area contributed by atoms with Crippen LogP contribution >= 0.6 is 42.6 Å². The third-order valence-corrected chi connectivity index (χ3v) is 7.25. The van der Waals surface area contributed by atoms with E-state index in [1.165, 1.54) is 24.3 Å². The summed E-state index contributed by atoms with van der Waals surface area (Å²) in [6.45, 7) is 0. The predicted octanol–water partition coefficient (Wildman–Crippen LogP) is 8.21. The topological polar surface area (TPSA) is 51.2 Å². The van der Waals surface area contributed by atoms with Crippen LogP contribution in [-0.2, 0) is 16.9 Å². The molecular formula is C22H9Cl3F6O3P+. The van der Waals surface area contributed by atoms with E-state index >= 15 is 0 Å². The smallest absolute Gasteiger partial charge is 0.288 e. The highest BCUT2D eigenvalue weighted by Crippen LogP contribution is 2.43. The van der Waals surface area contributed by atoms with Crippen LogP contribution in [0.3, 0.4) is 0 Å². The Labute approximate surface area is 209 Å². The first-order valence-electron chi connectivity index (χ1n) is 9.22. The van der Waals surface area contributed by atoms with Gasteiger partial charge in [-0.15, -0.1) is 0 Å². The van der Waals surface area contributed by atoms with E-state index in [0.29, 0.717) is 6.07 Å². The summed E-state index contributed by atoms with van der Waals surface area (Å²) in [4.78, 5) is 26.1. The van der Waals surface area contributed by atoms with Gasteiger partial charge in [-0.1, -0.05) is 57.6 Å². The van der Waals surface area contributed by atoms with E-state index in [1.54, 1.807) is 0 Å². The molecule has 0 aliphatic carbocycles. The summed E-state index contributed by atoms with van der Waals surface area (Å²) in [6, 6.07) is 8.07. The van der Waals surface area contributed by atoms with Gasteiger partial charge in [0.2, 0.25) is 11.1 Å². The Morgan fingerprint density at radius 2 is 1.20 bits per heavy atom. The highest BCUT2D eigenvalue weighted by molar-refractivity contribution is 7.71. The van der Waals surface area contributed by atoms with Crippen LogP contribution in [0.25, 0.3) is 0 Å². The van der Waals surface area contributed by atoms with Crippen molar-refractivity contribution in [2.75, 3.05) is 0 Å². The van der Waals surface area contributed by atoms with Crippen molar-refractivity contribution in [1.29, 1.82) is 0 Å². The van der Waals surface area contributed by atoms with Gasteiger partial charge in [0.15, 0.2) is 0 Å². The Kier molecular flexibility index (Phi) is 7.67. The molecule has 3 aromatic rings. The van der Waals surface area contributed by atoms with Crippen molar-refractivity contribution in [3.8, 4) is 0 Å². The van der Waals surface area contributed by atoms with Crippen LogP contribution < -0.4 is 5.30 Å². The van der Waals surface area contributed by atoms with Crippen LogP contribution in [0.4, 0.5) is 26.3 Å². The number of alkyl halides is 6. The normalized spacial score (nSPS) is 12.4. The molecule has 0 aliphatic rings. The number of rotatable bonds is 5. The maximum absolute atomic E-state index is 13.5. The maximum Gasteiger partial charge on any atom is 0.459 e. The monoisotopic (exact) mass is 571 g/mol. The number of carbonyl (C=O) groups excluding carboxylic acids is 2. The number of carbonyl (C=O) groups is 2. The Bertz CT molecular complexity index is 1340. The SMILES string of the molecule is O=C(c1ccccc1[P+](=O)C(=O)c1c(C(F)(F)F)cccc1C(F)(F)F)c1c(Cl)ccc(Cl)c1Cl.